The van der Waals surface area contributed by atoms with Crippen LogP contribution in [0.4, 0.5) is 0 Å². The van der Waals surface area contributed by atoms with Crippen molar-refractivity contribution >= 4 is 29.1 Å². The number of amides is 1. The Morgan fingerprint density at radius 2 is 1.94 bits per heavy atom. The lowest BCUT2D eigenvalue weighted by atomic mass is 10.2. The predicted octanol–water partition coefficient (Wildman–Crippen LogP) is 1.35. The number of methoxy groups -OCH3 is 1. The first kappa shape index (κ1) is 15.2. The third-order valence-corrected chi connectivity index (χ3v) is 2.48. The maximum absolute atomic E-state index is 11.7. The van der Waals surface area contributed by atoms with Crippen LogP contribution in [0.15, 0.2) is 12.1 Å². The van der Waals surface area contributed by atoms with Gasteiger partial charge in [-0.3, -0.25) is 4.79 Å². The Labute approximate surface area is 116 Å². The highest BCUT2D eigenvalue weighted by Crippen LogP contribution is 2.14. The summed E-state index contributed by atoms with van der Waals surface area (Å²) in [5, 5.41) is 6.25. The lowest BCUT2D eigenvalue weighted by Gasteiger charge is -2.07. The van der Waals surface area contributed by atoms with Crippen molar-refractivity contribution in [2.24, 2.45) is 0 Å². The molecule has 0 aromatic carbocycles. The van der Waals surface area contributed by atoms with Gasteiger partial charge in [0, 0.05) is 32.3 Å². The highest BCUT2D eigenvalue weighted by molar-refractivity contribution is 6.33. The van der Waals surface area contributed by atoms with Crippen LogP contribution in [0, 0.1) is 0 Å². The van der Waals surface area contributed by atoms with Gasteiger partial charge >= 0.3 is 0 Å². The number of halogens is 2. The number of hydrogen-bond acceptors (Lipinski definition) is 4. The molecular formula is C11H15Cl2N3O2. The second-order valence-electron chi connectivity index (χ2n) is 3.50. The van der Waals surface area contributed by atoms with Gasteiger partial charge in [-0.25, -0.2) is 4.98 Å². The molecule has 0 saturated carbocycles. The van der Waals surface area contributed by atoms with Crippen molar-refractivity contribution in [3.63, 3.8) is 0 Å². The molecule has 1 aromatic heterocycles. The average Bonchev–Trinajstić information content (AvgIpc) is 2.32. The third kappa shape index (κ3) is 5.64. The van der Waals surface area contributed by atoms with E-state index in [1.54, 1.807) is 7.11 Å². The van der Waals surface area contributed by atoms with Crippen LogP contribution in [0.3, 0.4) is 0 Å². The van der Waals surface area contributed by atoms with Crippen LogP contribution in [0.2, 0.25) is 10.3 Å². The molecule has 5 nitrogen and oxygen atoms in total. The second kappa shape index (κ2) is 8.26. The van der Waals surface area contributed by atoms with E-state index in [1.165, 1.54) is 12.1 Å². The van der Waals surface area contributed by atoms with Crippen molar-refractivity contribution in [3.05, 3.63) is 28.0 Å². The molecule has 1 rings (SSSR count). The molecule has 1 heterocycles. The first-order valence-electron chi connectivity index (χ1n) is 5.44. The summed E-state index contributed by atoms with van der Waals surface area (Å²) in [6.07, 6.45) is 0. The van der Waals surface area contributed by atoms with Gasteiger partial charge < -0.3 is 15.4 Å². The Morgan fingerprint density at radius 3 is 2.56 bits per heavy atom. The van der Waals surface area contributed by atoms with E-state index in [2.05, 4.69) is 15.6 Å². The smallest absolute Gasteiger partial charge is 0.251 e. The van der Waals surface area contributed by atoms with Crippen LogP contribution in [-0.4, -0.2) is 44.2 Å². The Balaban J connectivity index is 2.32. The molecule has 0 fully saturated rings. The second-order valence-corrected chi connectivity index (χ2v) is 4.27. The molecule has 0 unspecified atom stereocenters. The highest BCUT2D eigenvalue weighted by Gasteiger charge is 2.07. The summed E-state index contributed by atoms with van der Waals surface area (Å²) in [5.41, 5.74) is 0.400. The summed E-state index contributed by atoms with van der Waals surface area (Å²) in [5.74, 6) is -0.227. The van der Waals surface area contributed by atoms with Crippen molar-refractivity contribution in [1.29, 1.82) is 0 Å². The topological polar surface area (TPSA) is 63.2 Å². The molecule has 1 aromatic rings. The van der Waals surface area contributed by atoms with Gasteiger partial charge in [0.25, 0.3) is 5.91 Å². The number of ether oxygens (including phenoxy) is 1. The van der Waals surface area contributed by atoms with Gasteiger partial charge in [-0.1, -0.05) is 23.2 Å². The van der Waals surface area contributed by atoms with Gasteiger partial charge in [0.15, 0.2) is 0 Å². The number of carbonyl (C=O) groups excluding carboxylic acids is 1. The van der Waals surface area contributed by atoms with Gasteiger partial charge in [-0.2, -0.15) is 0 Å². The predicted molar refractivity (Wildman–Crippen MR) is 71.3 cm³/mol. The minimum absolute atomic E-state index is 0.200. The summed E-state index contributed by atoms with van der Waals surface area (Å²) in [7, 11) is 1.64. The van der Waals surface area contributed by atoms with Gasteiger partial charge in [-0.05, 0) is 12.1 Å². The molecule has 0 aliphatic heterocycles. The fraction of sp³-hybridized carbons (Fsp3) is 0.455. The van der Waals surface area contributed by atoms with Gasteiger partial charge in [0.1, 0.15) is 10.3 Å². The van der Waals surface area contributed by atoms with Crippen LogP contribution >= 0.6 is 23.2 Å². The van der Waals surface area contributed by atoms with E-state index in [0.29, 0.717) is 25.3 Å². The monoisotopic (exact) mass is 291 g/mol. The molecule has 0 bridgehead atoms. The lowest BCUT2D eigenvalue weighted by molar-refractivity contribution is 0.0953. The summed E-state index contributed by atoms with van der Waals surface area (Å²) in [4.78, 5) is 15.5. The summed E-state index contributed by atoms with van der Waals surface area (Å²) in [6, 6.07) is 2.95. The zero-order valence-corrected chi connectivity index (χ0v) is 11.5. The van der Waals surface area contributed by atoms with E-state index in [4.69, 9.17) is 27.9 Å². The normalized spacial score (nSPS) is 10.4. The van der Waals surface area contributed by atoms with Crippen molar-refractivity contribution in [1.82, 2.24) is 15.6 Å². The van der Waals surface area contributed by atoms with E-state index in [-0.39, 0.29) is 16.2 Å². The van der Waals surface area contributed by atoms with Crippen molar-refractivity contribution < 1.29 is 9.53 Å². The molecule has 2 N–H and O–H groups in total. The molecule has 18 heavy (non-hydrogen) atoms. The average molecular weight is 292 g/mol. The third-order valence-electron chi connectivity index (χ3n) is 2.10. The van der Waals surface area contributed by atoms with Gasteiger partial charge in [0.2, 0.25) is 0 Å². The standard InChI is InChI=1S/C11H15Cl2N3O2/c1-18-5-4-14-2-3-15-11(17)8-6-9(12)16-10(13)7-8/h6-7,14H,2-5H2,1H3,(H,15,17). The first-order chi connectivity index (χ1) is 8.63. The van der Waals surface area contributed by atoms with Crippen molar-refractivity contribution in [2.45, 2.75) is 0 Å². The number of carbonyl (C=O) groups is 1. The molecule has 1 amide bonds. The minimum atomic E-state index is -0.227. The van der Waals surface area contributed by atoms with E-state index in [0.717, 1.165) is 6.54 Å². The number of rotatable bonds is 7. The molecule has 0 aliphatic carbocycles. The van der Waals surface area contributed by atoms with Gasteiger partial charge in [0.05, 0.1) is 6.61 Å². The van der Waals surface area contributed by atoms with Gasteiger partial charge in [-0.15, -0.1) is 0 Å². The molecule has 7 heteroatoms. The maximum Gasteiger partial charge on any atom is 0.251 e. The highest BCUT2D eigenvalue weighted by atomic mass is 35.5. The summed E-state index contributed by atoms with van der Waals surface area (Å²) < 4.78 is 4.88. The van der Waals surface area contributed by atoms with Crippen LogP contribution in [-0.2, 0) is 4.74 Å². The Bertz CT molecular complexity index is 382. The molecular weight excluding hydrogens is 277 g/mol. The fourth-order valence-corrected chi connectivity index (χ4v) is 1.72. The Hall–Kier alpha value is -0.880. The number of hydrogen-bond donors (Lipinski definition) is 2. The number of nitrogens with one attached hydrogen (secondary N) is 2. The van der Waals surface area contributed by atoms with Crippen LogP contribution in [0.25, 0.3) is 0 Å². The van der Waals surface area contributed by atoms with Crippen LogP contribution in [0.5, 0.6) is 0 Å². The molecule has 100 valence electrons. The maximum atomic E-state index is 11.7. The zero-order valence-electron chi connectivity index (χ0n) is 10.0. The largest absolute Gasteiger partial charge is 0.383 e. The quantitative estimate of drug-likeness (QED) is 0.588. The van der Waals surface area contributed by atoms with Crippen LogP contribution in [0.1, 0.15) is 10.4 Å². The number of aromatic nitrogens is 1. The van der Waals surface area contributed by atoms with Crippen LogP contribution < -0.4 is 10.6 Å². The lowest BCUT2D eigenvalue weighted by Crippen LogP contribution is -2.33. The fourth-order valence-electron chi connectivity index (χ4n) is 1.26. The molecule has 0 radical (unpaired) electrons. The number of pyridine rings is 1. The number of nitrogens with zero attached hydrogens (tertiary/aromatic N) is 1. The molecule has 0 spiro atoms. The Kier molecular flexibility index (Phi) is 6.97. The van der Waals surface area contributed by atoms with E-state index in [9.17, 15) is 4.79 Å². The Morgan fingerprint density at radius 1 is 1.28 bits per heavy atom. The first-order valence-corrected chi connectivity index (χ1v) is 6.20. The SMILES string of the molecule is COCCNCCNC(=O)c1cc(Cl)nc(Cl)c1. The zero-order chi connectivity index (χ0) is 13.4. The van der Waals surface area contributed by atoms with E-state index in [1.807, 2.05) is 0 Å². The molecule has 0 saturated heterocycles. The van der Waals surface area contributed by atoms with E-state index >= 15 is 0 Å². The minimum Gasteiger partial charge on any atom is -0.383 e. The molecule has 0 aliphatic rings. The molecule has 0 atom stereocenters. The van der Waals surface area contributed by atoms with Crippen molar-refractivity contribution in [2.75, 3.05) is 33.4 Å². The van der Waals surface area contributed by atoms with Crippen molar-refractivity contribution in [3.8, 4) is 0 Å². The van der Waals surface area contributed by atoms with E-state index < -0.39 is 0 Å². The summed E-state index contributed by atoms with van der Waals surface area (Å²) in [6.45, 7) is 2.57. The summed E-state index contributed by atoms with van der Waals surface area (Å²) >= 11 is 11.4.